The van der Waals surface area contributed by atoms with Gasteiger partial charge >= 0.3 is 11.9 Å². The first-order valence-corrected chi connectivity index (χ1v) is 26.8. The van der Waals surface area contributed by atoms with Gasteiger partial charge in [-0.25, -0.2) is 28.3 Å². The molecule has 0 radical (unpaired) electrons. The molecule has 0 aliphatic carbocycles. The Bertz CT molecular complexity index is 2750. The Hall–Kier alpha value is -5.92. The molecule has 378 valence electrons. The zero-order valence-corrected chi connectivity index (χ0v) is 44.2. The van der Waals surface area contributed by atoms with Crippen molar-refractivity contribution in [2.24, 2.45) is 9.98 Å². The number of carbonyl (C=O) groups is 2. The third-order valence-corrected chi connectivity index (χ3v) is 14.4. The van der Waals surface area contributed by atoms with Gasteiger partial charge in [0.1, 0.15) is 23.7 Å². The summed E-state index contributed by atoms with van der Waals surface area (Å²) in [5.41, 5.74) is 4.53. The Labute approximate surface area is 439 Å². The Balaban J connectivity index is 0.768. The summed E-state index contributed by atoms with van der Waals surface area (Å²) >= 11 is 9.77. The molecule has 2 aliphatic heterocycles. The maximum atomic E-state index is 14.1. The minimum absolute atomic E-state index is 0.178. The van der Waals surface area contributed by atoms with Gasteiger partial charge in [0, 0.05) is 95.2 Å². The molecular formula is C48H52Br2F2N14O4S2. The van der Waals surface area contributed by atoms with E-state index in [1.165, 1.54) is 46.9 Å². The molecule has 72 heavy (non-hydrogen) atoms. The van der Waals surface area contributed by atoms with Crippen molar-refractivity contribution in [1.82, 2.24) is 61.2 Å². The van der Waals surface area contributed by atoms with Gasteiger partial charge in [-0.05, 0) is 62.1 Å². The van der Waals surface area contributed by atoms with Crippen LogP contribution < -0.4 is 21.3 Å². The zero-order chi connectivity index (χ0) is 50.4. The molecule has 0 spiro atoms. The van der Waals surface area contributed by atoms with Gasteiger partial charge in [-0.3, -0.25) is 19.3 Å². The number of ether oxygens (including phenoxy) is 2. The lowest BCUT2D eigenvalue weighted by Crippen LogP contribution is -2.38. The maximum Gasteiger partial charge on any atom is 0.338 e. The Kier molecular flexibility index (Phi) is 18.7. The molecule has 0 bridgehead atoms. The topological polar surface area (TPSA) is 213 Å². The van der Waals surface area contributed by atoms with Crippen LogP contribution in [0.3, 0.4) is 0 Å². The van der Waals surface area contributed by atoms with Crippen LogP contribution in [-0.2, 0) is 45.2 Å². The number of amidine groups is 2. The highest BCUT2D eigenvalue weighted by atomic mass is 79.9. The number of aromatic nitrogens is 8. The summed E-state index contributed by atoms with van der Waals surface area (Å²) in [5, 5.41) is 35.8. The summed E-state index contributed by atoms with van der Waals surface area (Å²) in [4.78, 5) is 45.5. The third kappa shape index (κ3) is 13.6. The van der Waals surface area contributed by atoms with Gasteiger partial charge in [0.2, 0.25) is 0 Å². The molecule has 4 N–H and O–H groups in total. The zero-order valence-electron chi connectivity index (χ0n) is 39.4. The predicted molar refractivity (Wildman–Crippen MR) is 276 cm³/mol. The highest BCUT2D eigenvalue weighted by molar-refractivity contribution is 9.10. The van der Waals surface area contributed by atoms with E-state index in [-0.39, 0.29) is 26.3 Å². The summed E-state index contributed by atoms with van der Waals surface area (Å²) < 4.78 is 43.9. The van der Waals surface area contributed by atoms with Crippen LogP contribution in [0, 0.1) is 11.6 Å². The van der Waals surface area contributed by atoms with E-state index in [1.54, 1.807) is 38.4 Å². The molecule has 0 saturated carbocycles. The number of carbonyl (C=O) groups excluding carboxylic acids is 2. The van der Waals surface area contributed by atoms with Gasteiger partial charge in [0.15, 0.2) is 21.7 Å². The number of benzene rings is 2. The summed E-state index contributed by atoms with van der Waals surface area (Å²) in [7, 11) is 0. The number of aliphatic imine (C=N–C) groups is 2. The van der Waals surface area contributed by atoms with Crippen molar-refractivity contribution in [1.29, 1.82) is 0 Å². The molecule has 2 aliphatic rings. The SMILES string of the molecule is CCOC(=O)C1=C(CNCc2cn(CCCCCCCCn3cc(CNCC4=C(C(=O)OCC)C(c5ccc(F)cc5Br)N=C(c5nccs5)N4)nn3)nn2)NC(c2nccs2)=NC1c1ccc(F)cc1Br. The fourth-order valence-corrected chi connectivity index (χ4v) is 10.4. The summed E-state index contributed by atoms with van der Waals surface area (Å²) in [6, 6.07) is 7.09. The monoisotopic (exact) mass is 1150 g/mol. The highest BCUT2D eigenvalue weighted by Gasteiger charge is 2.35. The second kappa shape index (κ2) is 25.6. The first-order chi connectivity index (χ1) is 35.1. The Morgan fingerprint density at radius 1 is 0.653 bits per heavy atom. The molecule has 0 amide bonds. The highest BCUT2D eigenvalue weighted by Crippen LogP contribution is 2.38. The van der Waals surface area contributed by atoms with Crippen molar-refractivity contribution in [3.05, 3.63) is 148 Å². The van der Waals surface area contributed by atoms with Gasteiger partial charge in [-0.15, -0.1) is 32.9 Å². The second-order valence-electron chi connectivity index (χ2n) is 16.5. The average Bonchev–Trinajstić information content (AvgIpc) is 4.22. The first kappa shape index (κ1) is 52.4. The van der Waals surface area contributed by atoms with Gasteiger partial charge in [-0.1, -0.05) is 80.1 Å². The van der Waals surface area contributed by atoms with Crippen LogP contribution in [0.15, 0.2) is 113 Å². The van der Waals surface area contributed by atoms with Crippen LogP contribution in [0.4, 0.5) is 8.78 Å². The molecule has 6 aromatic rings. The number of halogens is 4. The van der Waals surface area contributed by atoms with E-state index in [9.17, 15) is 18.4 Å². The van der Waals surface area contributed by atoms with Crippen LogP contribution in [0.25, 0.3) is 0 Å². The summed E-state index contributed by atoms with van der Waals surface area (Å²) in [5.74, 6) is -0.861. The standard InChI is InChI=1S/C48H52Br2F2N14O4S2/c1-3-69-47(67)39-37(57-43(45-55-15-19-71-45)59-41(39)33-13-11-29(51)21-35(33)49)25-53-23-31-27-65(63-61-31)17-9-7-5-6-8-10-18-66-28-32(62-64-66)24-54-26-38-40(48(68)70-4-2)42(34-14-12-30(52)22-36(34)50)60-44(58-38)46-56-16-20-72-46/h11-16,19-22,27-28,41-42,53-54H,3-10,17-18,23-26H2,1-2H3,(H,57,59)(H,58,60). The summed E-state index contributed by atoms with van der Waals surface area (Å²) in [6.07, 6.45) is 13.4. The van der Waals surface area contributed by atoms with Crippen molar-refractivity contribution in [3.8, 4) is 0 Å². The van der Waals surface area contributed by atoms with E-state index in [0.29, 0.717) is 77.4 Å². The molecule has 2 unspecified atom stereocenters. The van der Waals surface area contributed by atoms with E-state index in [1.807, 2.05) is 32.5 Å². The number of thiazole rings is 2. The van der Waals surface area contributed by atoms with Crippen LogP contribution >= 0.6 is 54.5 Å². The number of hydrogen-bond acceptors (Lipinski definition) is 18. The van der Waals surface area contributed by atoms with Crippen molar-refractivity contribution < 1.29 is 27.8 Å². The maximum absolute atomic E-state index is 14.1. The lowest BCUT2D eigenvalue weighted by molar-refractivity contribution is -0.139. The minimum Gasteiger partial charge on any atom is -0.463 e. The van der Waals surface area contributed by atoms with Gasteiger partial charge in [-0.2, -0.15) is 0 Å². The van der Waals surface area contributed by atoms with E-state index in [2.05, 4.69) is 83.7 Å². The first-order valence-electron chi connectivity index (χ1n) is 23.5. The molecule has 8 rings (SSSR count). The number of nitrogens with zero attached hydrogens (tertiary/aromatic N) is 10. The molecule has 2 aromatic carbocycles. The molecular weight excluding hydrogens is 1100 g/mol. The van der Waals surface area contributed by atoms with Crippen LogP contribution in [-0.4, -0.2) is 89.9 Å². The van der Waals surface area contributed by atoms with Crippen molar-refractivity contribution in [3.63, 3.8) is 0 Å². The number of aryl methyl sites for hydroxylation is 2. The van der Waals surface area contributed by atoms with Crippen LogP contribution in [0.1, 0.15) is 97.0 Å². The molecule has 24 heteroatoms. The van der Waals surface area contributed by atoms with E-state index in [4.69, 9.17) is 19.5 Å². The minimum atomic E-state index is -0.768. The van der Waals surface area contributed by atoms with Gasteiger partial charge < -0.3 is 30.7 Å². The van der Waals surface area contributed by atoms with Crippen LogP contribution in [0.5, 0.6) is 0 Å². The van der Waals surface area contributed by atoms with Crippen LogP contribution in [0.2, 0.25) is 0 Å². The number of nitrogens with one attached hydrogen (secondary N) is 4. The fourth-order valence-electron chi connectivity index (χ4n) is 8.11. The third-order valence-electron chi connectivity index (χ3n) is 11.4. The van der Waals surface area contributed by atoms with Gasteiger partial charge in [0.05, 0.1) is 35.7 Å². The Morgan fingerprint density at radius 2 is 1.08 bits per heavy atom. The predicted octanol–water partition coefficient (Wildman–Crippen LogP) is 8.02. The molecule has 18 nitrogen and oxygen atoms in total. The van der Waals surface area contributed by atoms with E-state index >= 15 is 0 Å². The lowest BCUT2D eigenvalue weighted by atomic mass is 9.95. The number of unbranched alkanes of at least 4 members (excludes halogenated alkanes) is 5. The quantitative estimate of drug-likeness (QED) is 0.0316. The second-order valence-corrected chi connectivity index (χ2v) is 20.0. The smallest absolute Gasteiger partial charge is 0.338 e. The van der Waals surface area contributed by atoms with E-state index < -0.39 is 35.7 Å². The molecule has 6 heterocycles. The number of rotatable bonds is 25. The number of esters is 2. The normalized spacial score (nSPS) is 15.8. The lowest BCUT2D eigenvalue weighted by Gasteiger charge is -2.27. The van der Waals surface area contributed by atoms with Crippen molar-refractivity contribution in [2.75, 3.05) is 26.3 Å². The molecule has 4 aromatic heterocycles. The van der Waals surface area contributed by atoms with Gasteiger partial charge in [0.25, 0.3) is 0 Å². The number of hydrogen-bond donors (Lipinski definition) is 4. The van der Waals surface area contributed by atoms with Crippen molar-refractivity contribution in [2.45, 2.75) is 90.6 Å². The summed E-state index contributed by atoms with van der Waals surface area (Å²) in [6.45, 7) is 6.67. The fraction of sp³-hybridized carbons (Fsp3) is 0.375. The Morgan fingerprint density at radius 3 is 1.47 bits per heavy atom. The molecule has 2 atom stereocenters. The van der Waals surface area contributed by atoms with E-state index in [0.717, 1.165) is 63.0 Å². The molecule has 0 saturated heterocycles. The average molecular weight is 1150 g/mol. The van der Waals surface area contributed by atoms with Crippen molar-refractivity contribution >= 4 is 78.1 Å². The largest absolute Gasteiger partial charge is 0.463 e. The molecule has 0 fully saturated rings.